The highest BCUT2D eigenvalue weighted by molar-refractivity contribution is 6.01. The second-order valence-corrected chi connectivity index (χ2v) is 8.61. The summed E-state index contributed by atoms with van der Waals surface area (Å²) in [6, 6.07) is 8.61. The Morgan fingerprint density at radius 1 is 1.11 bits per heavy atom. The largest absolute Gasteiger partial charge is 0.493 e. The number of anilines is 1. The number of methoxy groups -OCH3 is 3. The number of aromatic amines is 1. The molecule has 11 nitrogen and oxygen atoms in total. The van der Waals surface area contributed by atoms with E-state index in [0.29, 0.717) is 52.1 Å². The molecule has 0 radical (unpaired) electrons. The van der Waals surface area contributed by atoms with Crippen LogP contribution in [0.25, 0.3) is 23.5 Å². The highest BCUT2D eigenvalue weighted by Gasteiger charge is 2.20. The summed E-state index contributed by atoms with van der Waals surface area (Å²) in [5.74, 6) is 2.01. The van der Waals surface area contributed by atoms with Crippen LogP contribution < -0.4 is 25.1 Å². The average Bonchev–Trinajstić information content (AvgIpc) is 3.62. The molecule has 11 heteroatoms. The third kappa shape index (κ3) is 4.90. The molecule has 0 aliphatic heterocycles. The van der Waals surface area contributed by atoms with Gasteiger partial charge in [0, 0.05) is 17.7 Å². The van der Waals surface area contributed by atoms with E-state index in [4.69, 9.17) is 18.6 Å². The molecule has 1 aliphatic carbocycles. The van der Waals surface area contributed by atoms with Gasteiger partial charge in [-0.2, -0.15) is 9.78 Å². The minimum Gasteiger partial charge on any atom is -0.493 e. The monoisotopic (exact) mass is 517 g/mol. The van der Waals surface area contributed by atoms with Crippen LogP contribution in [0, 0.1) is 0 Å². The molecule has 3 aromatic heterocycles. The van der Waals surface area contributed by atoms with Gasteiger partial charge in [0.25, 0.3) is 5.56 Å². The number of ether oxygens (including phenoxy) is 3. The van der Waals surface area contributed by atoms with E-state index >= 15 is 0 Å². The lowest BCUT2D eigenvalue weighted by atomic mass is 9.97. The number of aromatic nitrogens is 4. The number of hydrogen-bond acceptors (Lipinski definition) is 8. The van der Waals surface area contributed by atoms with Gasteiger partial charge >= 0.3 is 0 Å². The number of fused-ring (bicyclic) bond motifs is 1. The van der Waals surface area contributed by atoms with Gasteiger partial charge in [0.2, 0.25) is 17.6 Å². The third-order valence-corrected chi connectivity index (χ3v) is 6.23. The predicted octanol–water partition coefficient (Wildman–Crippen LogP) is 3.77. The fourth-order valence-corrected chi connectivity index (χ4v) is 4.40. The number of benzene rings is 1. The van der Waals surface area contributed by atoms with Crippen molar-refractivity contribution in [3.63, 3.8) is 0 Å². The summed E-state index contributed by atoms with van der Waals surface area (Å²) in [5, 5.41) is 7.38. The predicted molar refractivity (Wildman–Crippen MR) is 140 cm³/mol. The first kappa shape index (κ1) is 24.9. The summed E-state index contributed by atoms with van der Waals surface area (Å²) in [6.45, 7) is 0. The Hall–Kier alpha value is -4.80. The van der Waals surface area contributed by atoms with Crippen LogP contribution in [0.4, 0.5) is 5.82 Å². The van der Waals surface area contributed by atoms with Crippen molar-refractivity contribution in [3.8, 4) is 34.7 Å². The quantitative estimate of drug-likeness (QED) is 0.338. The fourth-order valence-electron chi connectivity index (χ4n) is 4.40. The SMILES string of the molecule is COc1cc(/C=C\C(=O)Nc2cc(-c3ccco3)nn2-c2nc3c(c(=O)[nH]2)CCCC3)cc(OC)c1OC. The van der Waals surface area contributed by atoms with Crippen molar-refractivity contribution in [1.29, 1.82) is 0 Å². The summed E-state index contributed by atoms with van der Waals surface area (Å²) in [5.41, 5.74) is 2.40. The number of furan rings is 1. The number of carbonyl (C=O) groups excluding carboxylic acids is 1. The van der Waals surface area contributed by atoms with Crippen LogP contribution in [-0.2, 0) is 17.6 Å². The van der Waals surface area contributed by atoms with Crippen molar-refractivity contribution < 1.29 is 23.4 Å². The van der Waals surface area contributed by atoms with Crippen molar-refractivity contribution in [1.82, 2.24) is 19.7 Å². The molecule has 1 amide bonds. The molecule has 196 valence electrons. The van der Waals surface area contributed by atoms with Crippen LogP contribution >= 0.6 is 0 Å². The number of rotatable bonds is 8. The zero-order valence-electron chi connectivity index (χ0n) is 21.2. The minimum atomic E-state index is -0.425. The molecule has 0 atom stereocenters. The van der Waals surface area contributed by atoms with Crippen molar-refractivity contribution >= 4 is 17.8 Å². The summed E-state index contributed by atoms with van der Waals surface area (Å²) in [6.07, 6.45) is 7.87. The average molecular weight is 518 g/mol. The summed E-state index contributed by atoms with van der Waals surface area (Å²) in [7, 11) is 4.57. The first-order valence-electron chi connectivity index (χ1n) is 12.1. The van der Waals surface area contributed by atoms with E-state index in [1.165, 1.54) is 38.4 Å². The van der Waals surface area contributed by atoms with E-state index in [2.05, 4.69) is 20.4 Å². The lowest BCUT2D eigenvalue weighted by Crippen LogP contribution is -2.24. The molecule has 0 unspecified atom stereocenters. The summed E-state index contributed by atoms with van der Waals surface area (Å²) < 4.78 is 23.0. The smallest absolute Gasteiger partial charge is 0.255 e. The normalized spacial score (nSPS) is 12.8. The number of H-pyrrole nitrogens is 1. The molecule has 0 bridgehead atoms. The first-order chi connectivity index (χ1) is 18.5. The van der Waals surface area contributed by atoms with Gasteiger partial charge < -0.3 is 23.9 Å². The van der Waals surface area contributed by atoms with Gasteiger partial charge in [-0.05, 0) is 61.6 Å². The third-order valence-electron chi connectivity index (χ3n) is 6.23. The number of hydrogen-bond donors (Lipinski definition) is 2. The lowest BCUT2D eigenvalue weighted by Gasteiger charge is -2.15. The number of nitrogens with one attached hydrogen (secondary N) is 2. The molecule has 2 N–H and O–H groups in total. The molecule has 0 spiro atoms. The fraction of sp³-hybridized carbons (Fsp3) is 0.259. The van der Waals surface area contributed by atoms with Gasteiger partial charge in [0.05, 0.1) is 33.3 Å². The summed E-state index contributed by atoms with van der Waals surface area (Å²) in [4.78, 5) is 33.2. The molecule has 0 saturated heterocycles. The summed E-state index contributed by atoms with van der Waals surface area (Å²) >= 11 is 0. The van der Waals surface area contributed by atoms with E-state index in [-0.39, 0.29) is 11.5 Å². The van der Waals surface area contributed by atoms with Gasteiger partial charge in [0.1, 0.15) is 11.5 Å². The van der Waals surface area contributed by atoms with Gasteiger partial charge in [0.15, 0.2) is 17.3 Å². The molecule has 1 aromatic carbocycles. The van der Waals surface area contributed by atoms with Gasteiger partial charge in [-0.1, -0.05) is 0 Å². The molecule has 4 aromatic rings. The standard InChI is InChI=1S/C27H27N5O6/c1-35-21-13-16(14-22(36-2)25(21)37-3)10-11-24(33)29-23-15-19(20-9-6-12-38-20)31-32(23)27-28-18-8-5-4-7-17(18)26(34)30-27/h6,9-15H,4-5,7-8H2,1-3H3,(H,29,33)(H,28,30,34)/b11-10-. The Kier molecular flexibility index (Phi) is 6.98. The van der Waals surface area contributed by atoms with E-state index in [1.807, 2.05) is 0 Å². The number of aryl methyl sites for hydroxylation is 1. The highest BCUT2D eigenvalue weighted by Crippen LogP contribution is 2.38. The second-order valence-electron chi connectivity index (χ2n) is 8.61. The maximum Gasteiger partial charge on any atom is 0.255 e. The highest BCUT2D eigenvalue weighted by atomic mass is 16.5. The molecule has 1 aliphatic rings. The Bertz CT molecular complexity index is 1530. The molecule has 3 heterocycles. The Morgan fingerprint density at radius 2 is 1.87 bits per heavy atom. The van der Waals surface area contributed by atoms with Crippen molar-refractivity contribution in [2.45, 2.75) is 25.7 Å². The maximum atomic E-state index is 13.0. The number of nitrogens with zero attached hydrogens (tertiary/aromatic N) is 3. The molecular formula is C27H27N5O6. The molecule has 0 fully saturated rings. The molecule has 5 rings (SSSR count). The Morgan fingerprint density at radius 3 is 2.55 bits per heavy atom. The van der Waals surface area contributed by atoms with Crippen LogP contribution in [0.1, 0.15) is 29.7 Å². The topological polar surface area (TPSA) is 134 Å². The first-order valence-corrected chi connectivity index (χ1v) is 12.1. The van der Waals surface area contributed by atoms with Crippen LogP contribution in [0.15, 0.2) is 51.9 Å². The number of carbonyl (C=O) groups is 1. The zero-order valence-corrected chi connectivity index (χ0v) is 21.2. The van der Waals surface area contributed by atoms with Crippen LogP contribution in [0.3, 0.4) is 0 Å². The van der Waals surface area contributed by atoms with Gasteiger partial charge in [-0.3, -0.25) is 14.6 Å². The van der Waals surface area contributed by atoms with E-state index in [1.54, 1.807) is 36.4 Å². The Balaban J connectivity index is 1.47. The van der Waals surface area contributed by atoms with E-state index in [9.17, 15) is 9.59 Å². The lowest BCUT2D eigenvalue weighted by molar-refractivity contribution is -0.111. The maximum absolute atomic E-state index is 13.0. The minimum absolute atomic E-state index is 0.195. The Labute approximate surface area is 218 Å². The molecule has 0 saturated carbocycles. The van der Waals surface area contributed by atoms with Crippen LogP contribution in [0.2, 0.25) is 0 Å². The molecule has 38 heavy (non-hydrogen) atoms. The van der Waals surface area contributed by atoms with Crippen molar-refractivity contribution in [2.24, 2.45) is 0 Å². The van der Waals surface area contributed by atoms with Gasteiger partial charge in [-0.25, -0.2) is 4.98 Å². The molecular weight excluding hydrogens is 490 g/mol. The van der Waals surface area contributed by atoms with E-state index < -0.39 is 5.91 Å². The van der Waals surface area contributed by atoms with Crippen molar-refractivity contribution in [3.05, 3.63) is 69.8 Å². The van der Waals surface area contributed by atoms with Crippen molar-refractivity contribution in [2.75, 3.05) is 26.6 Å². The van der Waals surface area contributed by atoms with Crippen LogP contribution in [-0.4, -0.2) is 47.0 Å². The number of amides is 1. The van der Waals surface area contributed by atoms with Crippen LogP contribution in [0.5, 0.6) is 17.2 Å². The second kappa shape index (κ2) is 10.7. The van der Waals surface area contributed by atoms with Gasteiger partial charge in [-0.15, -0.1) is 0 Å². The van der Waals surface area contributed by atoms with E-state index in [0.717, 1.165) is 25.0 Å². The zero-order chi connectivity index (χ0) is 26.6.